The van der Waals surface area contributed by atoms with Crippen molar-refractivity contribution in [1.82, 2.24) is 5.32 Å². The summed E-state index contributed by atoms with van der Waals surface area (Å²) in [5.41, 5.74) is 0. The largest absolute Gasteiger partial charge is 0.478 e. The van der Waals surface area contributed by atoms with E-state index in [0.717, 1.165) is 12.8 Å². The second-order valence-electron chi connectivity index (χ2n) is 5.65. The van der Waals surface area contributed by atoms with Gasteiger partial charge in [0.2, 0.25) is 0 Å². The highest BCUT2D eigenvalue weighted by molar-refractivity contribution is 5.79. The van der Waals surface area contributed by atoms with Crippen molar-refractivity contribution in [3.8, 4) is 0 Å². The van der Waals surface area contributed by atoms with Crippen LogP contribution in [0.5, 0.6) is 0 Å². The average molecular weight is 317 g/mol. The Balaban J connectivity index is 0. The number of unbranched alkanes of at least 4 members (excludes halogenated alkanes) is 6. The fourth-order valence-corrected chi connectivity index (χ4v) is 1.73. The number of aliphatic hydroxyl groups is 2. The van der Waals surface area contributed by atoms with Gasteiger partial charge in [-0.2, -0.15) is 0 Å². The topological polar surface area (TPSA) is 89.8 Å². The quantitative estimate of drug-likeness (QED) is 0.328. The van der Waals surface area contributed by atoms with Crippen molar-refractivity contribution in [1.29, 1.82) is 0 Å². The number of carboxylic acid groups (broad SMARTS) is 1. The first-order valence-corrected chi connectivity index (χ1v) is 8.36. The van der Waals surface area contributed by atoms with Gasteiger partial charge in [0.25, 0.3) is 0 Å². The molecular formula is C17H35NO4. The molecule has 22 heavy (non-hydrogen) atoms. The Kier molecular flexibility index (Phi) is 19.3. The molecule has 2 unspecified atom stereocenters. The molecule has 4 N–H and O–H groups in total. The molecule has 5 heteroatoms. The standard InChI is InChI=1S/C11H20O2.C6H15NO2/c1-2-3-4-5-6-7-8-9-10-11(12)13;1-5(8)3-7-4-6(2)9/h9-10H,2-8H2,1H3,(H,12,13);5-9H,3-4H2,1-2H3. The third-order valence-electron chi connectivity index (χ3n) is 2.86. The van der Waals surface area contributed by atoms with Gasteiger partial charge in [0.05, 0.1) is 12.2 Å². The van der Waals surface area contributed by atoms with Crippen molar-refractivity contribution in [2.75, 3.05) is 13.1 Å². The van der Waals surface area contributed by atoms with Crippen LogP contribution in [0.2, 0.25) is 0 Å². The summed E-state index contributed by atoms with van der Waals surface area (Å²) in [5, 5.41) is 28.6. The number of aliphatic carboxylic acids is 1. The van der Waals surface area contributed by atoms with Gasteiger partial charge in [-0.25, -0.2) is 4.79 Å². The maximum Gasteiger partial charge on any atom is 0.327 e. The summed E-state index contributed by atoms with van der Waals surface area (Å²) >= 11 is 0. The van der Waals surface area contributed by atoms with Crippen molar-refractivity contribution in [2.24, 2.45) is 0 Å². The average Bonchev–Trinajstić information content (AvgIpc) is 2.41. The van der Waals surface area contributed by atoms with Gasteiger partial charge in [-0.05, 0) is 26.7 Å². The first kappa shape index (κ1) is 23.4. The number of carbonyl (C=O) groups is 1. The first-order chi connectivity index (χ1) is 10.4. The minimum atomic E-state index is -0.842. The normalized spacial score (nSPS) is 13.5. The van der Waals surface area contributed by atoms with Crippen molar-refractivity contribution >= 4 is 5.97 Å². The Morgan fingerprint density at radius 1 is 1.00 bits per heavy atom. The Labute approximate surface area is 135 Å². The molecule has 0 radical (unpaired) electrons. The molecule has 0 aromatic rings. The molecule has 0 aliphatic carbocycles. The van der Waals surface area contributed by atoms with Crippen molar-refractivity contribution < 1.29 is 20.1 Å². The van der Waals surface area contributed by atoms with Crippen LogP contribution in [0.15, 0.2) is 12.2 Å². The second kappa shape index (κ2) is 18.1. The second-order valence-corrected chi connectivity index (χ2v) is 5.65. The summed E-state index contributed by atoms with van der Waals surface area (Å²) in [5.74, 6) is -0.842. The predicted molar refractivity (Wildman–Crippen MR) is 91.0 cm³/mol. The lowest BCUT2D eigenvalue weighted by molar-refractivity contribution is -0.131. The molecule has 0 aliphatic rings. The molecule has 0 aliphatic heterocycles. The van der Waals surface area contributed by atoms with E-state index in [9.17, 15) is 4.79 Å². The highest BCUT2D eigenvalue weighted by Gasteiger charge is 1.96. The maximum atomic E-state index is 10.1. The Morgan fingerprint density at radius 3 is 1.95 bits per heavy atom. The van der Waals surface area contributed by atoms with Gasteiger partial charge in [0, 0.05) is 19.2 Å². The van der Waals surface area contributed by atoms with Crippen LogP contribution in [0, 0.1) is 0 Å². The molecule has 0 heterocycles. The monoisotopic (exact) mass is 317 g/mol. The molecule has 0 bridgehead atoms. The van der Waals surface area contributed by atoms with Gasteiger partial charge in [0.15, 0.2) is 0 Å². The van der Waals surface area contributed by atoms with E-state index in [4.69, 9.17) is 15.3 Å². The molecule has 0 aromatic carbocycles. The van der Waals surface area contributed by atoms with Crippen molar-refractivity contribution in [3.63, 3.8) is 0 Å². The molecule has 0 fully saturated rings. The van der Waals surface area contributed by atoms with E-state index < -0.39 is 5.97 Å². The molecular weight excluding hydrogens is 282 g/mol. The minimum absolute atomic E-state index is 0.330. The fourth-order valence-electron chi connectivity index (χ4n) is 1.73. The molecule has 0 saturated carbocycles. The zero-order valence-corrected chi connectivity index (χ0v) is 14.4. The Morgan fingerprint density at radius 2 is 1.50 bits per heavy atom. The SMILES string of the molecule is CC(O)CNCC(C)O.CCCCCCCCC=CC(=O)O. The van der Waals surface area contributed by atoms with E-state index in [2.05, 4.69) is 12.2 Å². The van der Waals surface area contributed by atoms with Crippen LogP contribution in [-0.2, 0) is 4.79 Å². The van der Waals surface area contributed by atoms with E-state index in [0.29, 0.717) is 13.1 Å². The summed E-state index contributed by atoms with van der Waals surface area (Å²) in [4.78, 5) is 10.1. The van der Waals surface area contributed by atoms with E-state index in [-0.39, 0.29) is 12.2 Å². The molecule has 2 atom stereocenters. The smallest absolute Gasteiger partial charge is 0.327 e. The third kappa shape index (κ3) is 27.4. The number of hydrogen-bond acceptors (Lipinski definition) is 4. The number of rotatable bonds is 12. The van der Waals surface area contributed by atoms with Crippen LogP contribution in [-0.4, -0.2) is 46.6 Å². The van der Waals surface area contributed by atoms with Crippen LogP contribution >= 0.6 is 0 Å². The molecule has 0 rings (SSSR count). The molecule has 5 nitrogen and oxygen atoms in total. The lowest BCUT2D eigenvalue weighted by atomic mass is 10.1. The number of carboxylic acids is 1. The number of allylic oxidation sites excluding steroid dienone is 1. The lowest BCUT2D eigenvalue weighted by Gasteiger charge is -2.07. The molecule has 0 amide bonds. The minimum Gasteiger partial charge on any atom is -0.478 e. The highest BCUT2D eigenvalue weighted by Crippen LogP contribution is 2.06. The number of hydrogen-bond donors (Lipinski definition) is 4. The number of nitrogens with one attached hydrogen (secondary N) is 1. The van der Waals surface area contributed by atoms with Crippen LogP contribution in [0.25, 0.3) is 0 Å². The Hall–Kier alpha value is -0.910. The Bertz CT molecular complexity index is 257. The van der Waals surface area contributed by atoms with Crippen LogP contribution in [0.1, 0.15) is 65.7 Å². The van der Waals surface area contributed by atoms with Gasteiger partial charge >= 0.3 is 5.97 Å². The summed E-state index contributed by atoms with van der Waals surface area (Å²) < 4.78 is 0. The van der Waals surface area contributed by atoms with Gasteiger partial charge in [-0.3, -0.25) is 0 Å². The third-order valence-corrected chi connectivity index (χ3v) is 2.86. The zero-order valence-electron chi connectivity index (χ0n) is 14.4. The van der Waals surface area contributed by atoms with Gasteiger partial charge in [-0.1, -0.05) is 45.1 Å². The lowest BCUT2D eigenvalue weighted by Crippen LogP contribution is -2.30. The van der Waals surface area contributed by atoms with Gasteiger partial charge < -0.3 is 20.6 Å². The molecule has 0 spiro atoms. The van der Waals surface area contributed by atoms with Crippen molar-refractivity contribution in [2.45, 2.75) is 77.9 Å². The van der Waals surface area contributed by atoms with E-state index in [1.54, 1.807) is 19.9 Å². The van der Waals surface area contributed by atoms with Crippen LogP contribution in [0.4, 0.5) is 0 Å². The molecule has 0 aromatic heterocycles. The summed E-state index contributed by atoms with van der Waals surface area (Å²) in [6.07, 6.45) is 10.8. The molecule has 132 valence electrons. The molecule has 0 saturated heterocycles. The summed E-state index contributed by atoms with van der Waals surface area (Å²) in [6, 6.07) is 0. The summed E-state index contributed by atoms with van der Waals surface area (Å²) in [6.45, 7) is 6.70. The van der Waals surface area contributed by atoms with Crippen LogP contribution in [0.3, 0.4) is 0 Å². The van der Waals surface area contributed by atoms with E-state index >= 15 is 0 Å². The zero-order chi connectivity index (χ0) is 17.2. The fraction of sp³-hybridized carbons (Fsp3) is 0.824. The van der Waals surface area contributed by atoms with Gasteiger partial charge in [-0.15, -0.1) is 0 Å². The van der Waals surface area contributed by atoms with Gasteiger partial charge in [0.1, 0.15) is 0 Å². The summed E-state index contributed by atoms with van der Waals surface area (Å²) in [7, 11) is 0. The highest BCUT2D eigenvalue weighted by atomic mass is 16.4. The van der Waals surface area contributed by atoms with E-state index in [1.807, 2.05) is 0 Å². The van der Waals surface area contributed by atoms with Crippen molar-refractivity contribution in [3.05, 3.63) is 12.2 Å². The number of aliphatic hydroxyl groups excluding tert-OH is 2. The van der Waals surface area contributed by atoms with E-state index in [1.165, 1.54) is 38.2 Å². The first-order valence-electron chi connectivity index (χ1n) is 8.36. The van der Waals surface area contributed by atoms with Crippen LogP contribution < -0.4 is 5.32 Å². The predicted octanol–water partition coefficient (Wildman–Crippen LogP) is 2.72. The maximum absolute atomic E-state index is 10.1.